The Bertz CT molecular complexity index is 654. The SMILES string of the molecule is CN(C)C(=O)N1CCC(C(=O)Nc2cc3c(cc2N)OCO3)CC1. The van der Waals surface area contributed by atoms with Gasteiger partial charge in [0, 0.05) is 45.2 Å². The number of rotatable bonds is 2. The molecule has 3 rings (SSSR count). The predicted molar refractivity (Wildman–Crippen MR) is 89.0 cm³/mol. The van der Waals surface area contributed by atoms with Crippen LogP contribution in [0, 0.1) is 5.92 Å². The normalized spacial score (nSPS) is 16.8. The van der Waals surface area contributed by atoms with Crippen LogP contribution in [0.2, 0.25) is 0 Å². The maximum atomic E-state index is 12.5. The molecule has 8 heteroatoms. The van der Waals surface area contributed by atoms with Crippen LogP contribution in [0.1, 0.15) is 12.8 Å². The Morgan fingerprint density at radius 3 is 2.46 bits per heavy atom. The summed E-state index contributed by atoms with van der Waals surface area (Å²) in [7, 11) is 3.45. The molecule has 0 bridgehead atoms. The van der Waals surface area contributed by atoms with Crippen molar-refractivity contribution in [3.8, 4) is 11.5 Å². The Hall–Kier alpha value is -2.64. The lowest BCUT2D eigenvalue weighted by molar-refractivity contribution is -0.121. The smallest absolute Gasteiger partial charge is 0.319 e. The van der Waals surface area contributed by atoms with Gasteiger partial charge in [-0.2, -0.15) is 0 Å². The number of nitrogens with one attached hydrogen (secondary N) is 1. The van der Waals surface area contributed by atoms with Gasteiger partial charge in [-0.05, 0) is 12.8 Å². The largest absolute Gasteiger partial charge is 0.454 e. The van der Waals surface area contributed by atoms with Crippen molar-refractivity contribution in [1.29, 1.82) is 0 Å². The molecule has 3 amide bonds. The Morgan fingerprint density at radius 2 is 1.83 bits per heavy atom. The zero-order chi connectivity index (χ0) is 17.3. The summed E-state index contributed by atoms with van der Waals surface area (Å²) >= 11 is 0. The summed E-state index contributed by atoms with van der Waals surface area (Å²) in [5, 5.41) is 2.86. The maximum absolute atomic E-state index is 12.5. The topological polar surface area (TPSA) is 97.1 Å². The highest BCUT2D eigenvalue weighted by atomic mass is 16.7. The molecule has 8 nitrogen and oxygen atoms in total. The lowest BCUT2D eigenvalue weighted by Crippen LogP contribution is -2.45. The van der Waals surface area contributed by atoms with E-state index >= 15 is 0 Å². The van der Waals surface area contributed by atoms with Crippen LogP contribution >= 0.6 is 0 Å². The fraction of sp³-hybridized carbons (Fsp3) is 0.500. The van der Waals surface area contributed by atoms with Crippen molar-refractivity contribution < 1.29 is 19.1 Å². The van der Waals surface area contributed by atoms with Crippen molar-refractivity contribution in [2.75, 3.05) is 45.0 Å². The van der Waals surface area contributed by atoms with Crippen LogP contribution in [-0.2, 0) is 4.79 Å². The van der Waals surface area contributed by atoms with Gasteiger partial charge in [0.05, 0.1) is 11.4 Å². The number of benzene rings is 1. The zero-order valence-corrected chi connectivity index (χ0v) is 13.9. The number of piperidine rings is 1. The minimum absolute atomic E-state index is 0.0196. The first-order valence-electron chi connectivity index (χ1n) is 7.92. The molecule has 1 fully saturated rings. The summed E-state index contributed by atoms with van der Waals surface area (Å²) in [4.78, 5) is 27.7. The molecule has 0 radical (unpaired) electrons. The Balaban J connectivity index is 1.60. The third-order valence-corrected chi connectivity index (χ3v) is 4.32. The molecular formula is C16H22N4O4. The molecule has 0 atom stereocenters. The van der Waals surface area contributed by atoms with Gasteiger partial charge in [0.25, 0.3) is 0 Å². The van der Waals surface area contributed by atoms with E-state index in [9.17, 15) is 9.59 Å². The number of likely N-dealkylation sites (tertiary alicyclic amines) is 1. The van der Waals surface area contributed by atoms with Crippen LogP contribution in [0.15, 0.2) is 12.1 Å². The Labute approximate surface area is 140 Å². The summed E-state index contributed by atoms with van der Waals surface area (Å²) in [5.74, 6) is 0.936. The van der Waals surface area contributed by atoms with Crippen LogP contribution < -0.4 is 20.5 Å². The van der Waals surface area contributed by atoms with Crippen molar-refractivity contribution in [3.63, 3.8) is 0 Å². The van der Waals surface area contributed by atoms with Gasteiger partial charge in [0.2, 0.25) is 12.7 Å². The molecule has 130 valence electrons. The molecule has 1 aromatic rings. The van der Waals surface area contributed by atoms with Gasteiger partial charge in [-0.1, -0.05) is 0 Å². The molecular weight excluding hydrogens is 312 g/mol. The third kappa shape index (κ3) is 3.17. The van der Waals surface area contributed by atoms with E-state index in [-0.39, 0.29) is 24.6 Å². The number of carbonyl (C=O) groups is 2. The average molecular weight is 334 g/mol. The number of nitrogen functional groups attached to an aromatic ring is 1. The number of hydrogen-bond donors (Lipinski definition) is 2. The number of urea groups is 1. The summed E-state index contributed by atoms with van der Waals surface area (Å²) in [6, 6.07) is 3.31. The van der Waals surface area contributed by atoms with Crippen LogP contribution in [0.4, 0.5) is 16.2 Å². The van der Waals surface area contributed by atoms with Gasteiger partial charge in [-0.3, -0.25) is 4.79 Å². The van der Waals surface area contributed by atoms with E-state index in [2.05, 4.69) is 5.32 Å². The molecule has 1 saturated heterocycles. The van der Waals surface area contributed by atoms with E-state index in [1.165, 1.54) is 0 Å². The monoisotopic (exact) mass is 334 g/mol. The van der Waals surface area contributed by atoms with E-state index in [1.54, 1.807) is 36.0 Å². The minimum Gasteiger partial charge on any atom is -0.454 e. The number of carbonyl (C=O) groups excluding carboxylic acids is 2. The second-order valence-corrected chi connectivity index (χ2v) is 6.22. The molecule has 0 saturated carbocycles. The minimum atomic E-state index is -0.138. The fourth-order valence-corrected chi connectivity index (χ4v) is 2.92. The van der Waals surface area contributed by atoms with Crippen molar-refractivity contribution in [1.82, 2.24) is 9.80 Å². The number of ether oxygens (including phenoxy) is 2. The molecule has 3 N–H and O–H groups in total. The van der Waals surface area contributed by atoms with E-state index in [4.69, 9.17) is 15.2 Å². The number of nitrogens with zero attached hydrogens (tertiary/aromatic N) is 2. The molecule has 2 heterocycles. The molecule has 2 aliphatic rings. The van der Waals surface area contributed by atoms with Crippen molar-refractivity contribution in [3.05, 3.63) is 12.1 Å². The number of hydrogen-bond acceptors (Lipinski definition) is 5. The summed E-state index contributed by atoms with van der Waals surface area (Å²) in [5.41, 5.74) is 6.92. The van der Waals surface area contributed by atoms with Gasteiger partial charge in [-0.25, -0.2) is 4.79 Å². The van der Waals surface area contributed by atoms with Gasteiger partial charge in [0.1, 0.15) is 0 Å². The molecule has 24 heavy (non-hydrogen) atoms. The van der Waals surface area contributed by atoms with E-state index in [0.717, 1.165) is 0 Å². The quantitative estimate of drug-likeness (QED) is 0.795. The number of amides is 3. The van der Waals surface area contributed by atoms with Crippen LogP contribution in [0.3, 0.4) is 0 Å². The number of nitrogens with two attached hydrogens (primary N) is 1. The van der Waals surface area contributed by atoms with Gasteiger partial charge < -0.3 is 30.3 Å². The summed E-state index contributed by atoms with van der Waals surface area (Å²) in [6.07, 6.45) is 1.27. The van der Waals surface area contributed by atoms with Crippen LogP contribution in [-0.4, -0.2) is 55.7 Å². The molecule has 2 aliphatic heterocycles. The maximum Gasteiger partial charge on any atom is 0.319 e. The molecule has 1 aromatic carbocycles. The summed E-state index contributed by atoms with van der Waals surface area (Å²) < 4.78 is 10.6. The third-order valence-electron chi connectivity index (χ3n) is 4.32. The van der Waals surface area contributed by atoms with Crippen LogP contribution in [0.5, 0.6) is 11.5 Å². The zero-order valence-electron chi connectivity index (χ0n) is 13.9. The molecule has 0 spiro atoms. The highest BCUT2D eigenvalue weighted by molar-refractivity contribution is 5.96. The molecule has 0 aliphatic carbocycles. The van der Waals surface area contributed by atoms with Crippen molar-refractivity contribution in [2.24, 2.45) is 5.92 Å². The molecule has 0 aromatic heterocycles. The van der Waals surface area contributed by atoms with E-state index in [1.807, 2.05) is 0 Å². The number of anilines is 2. The Kier molecular flexibility index (Phi) is 4.37. The van der Waals surface area contributed by atoms with E-state index < -0.39 is 0 Å². The predicted octanol–water partition coefficient (Wildman–Crippen LogP) is 1.33. The van der Waals surface area contributed by atoms with Gasteiger partial charge in [-0.15, -0.1) is 0 Å². The second-order valence-electron chi connectivity index (χ2n) is 6.22. The van der Waals surface area contributed by atoms with Crippen LogP contribution in [0.25, 0.3) is 0 Å². The first-order chi connectivity index (χ1) is 11.5. The first-order valence-corrected chi connectivity index (χ1v) is 7.92. The highest BCUT2D eigenvalue weighted by Crippen LogP contribution is 2.38. The number of fused-ring (bicyclic) bond motifs is 1. The lowest BCUT2D eigenvalue weighted by atomic mass is 9.96. The second kappa shape index (κ2) is 6.46. The van der Waals surface area contributed by atoms with Gasteiger partial charge >= 0.3 is 6.03 Å². The standard InChI is InChI=1S/C16H22N4O4/c1-19(2)16(22)20-5-3-10(4-6-20)15(21)18-12-8-14-13(7-11(12)17)23-9-24-14/h7-8,10H,3-6,9,17H2,1-2H3,(H,18,21). The van der Waals surface area contributed by atoms with E-state index in [0.29, 0.717) is 48.8 Å². The first kappa shape index (κ1) is 16.2. The Morgan fingerprint density at radius 1 is 1.21 bits per heavy atom. The van der Waals surface area contributed by atoms with Crippen molar-refractivity contribution in [2.45, 2.75) is 12.8 Å². The average Bonchev–Trinajstić information content (AvgIpc) is 3.01. The molecule has 0 unspecified atom stereocenters. The lowest BCUT2D eigenvalue weighted by Gasteiger charge is -2.33. The van der Waals surface area contributed by atoms with Crippen molar-refractivity contribution >= 4 is 23.3 Å². The highest BCUT2D eigenvalue weighted by Gasteiger charge is 2.28. The van der Waals surface area contributed by atoms with Gasteiger partial charge in [0.15, 0.2) is 11.5 Å². The fourth-order valence-electron chi connectivity index (χ4n) is 2.92. The summed E-state index contributed by atoms with van der Waals surface area (Å²) in [6.45, 7) is 1.31.